The maximum Gasteiger partial charge on any atom is 0.329 e. The number of halogens is 1. The van der Waals surface area contributed by atoms with E-state index in [1.165, 1.54) is 6.20 Å². The minimum Gasteiger partial charge on any atom is -0.395 e. The van der Waals surface area contributed by atoms with Crippen molar-refractivity contribution >= 4 is 27.7 Å². The van der Waals surface area contributed by atoms with Crippen LogP contribution >= 0.6 is 27.7 Å². The normalized spacial score (nSPS) is 31.8. The molecule has 1 aromatic heterocycles. The number of aromatic nitrogens is 2. The SMILES string of the molecule is O=c1[nH]c(=O)n([C@@H]2S[C@@H](CO)C(O)C2O)cc1Br. The van der Waals surface area contributed by atoms with Crippen molar-refractivity contribution in [2.24, 2.45) is 0 Å². The number of aromatic amines is 1. The molecule has 2 heterocycles. The molecule has 4 N–H and O–H groups in total. The minimum atomic E-state index is -1.19. The third-order valence-electron chi connectivity index (χ3n) is 2.72. The van der Waals surface area contributed by atoms with E-state index in [0.717, 1.165) is 16.3 Å². The van der Waals surface area contributed by atoms with E-state index in [1.54, 1.807) is 0 Å². The highest BCUT2D eigenvalue weighted by Crippen LogP contribution is 2.40. The maximum atomic E-state index is 11.6. The van der Waals surface area contributed by atoms with Crippen molar-refractivity contribution in [2.45, 2.75) is 22.8 Å². The largest absolute Gasteiger partial charge is 0.395 e. The Balaban J connectivity index is 2.42. The minimum absolute atomic E-state index is 0.150. The molecule has 0 radical (unpaired) electrons. The molecule has 9 heteroatoms. The van der Waals surface area contributed by atoms with Gasteiger partial charge in [-0.2, -0.15) is 0 Å². The third-order valence-corrected chi connectivity index (χ3v) is 4.84. The lowest BCUT2D eigenvalue weighted by molar-refractivity contribution is 0.0101. The zero-order valence-corrected chi connectivity index (χ0v) is 11.4. The fourth-order valence-corrected chi connectivity index (χ4v) is 3.46. The van der Waals surface area contributed by atoms with E-state index in [1.807, 2.05) is 0 Å². The molecule has 1 fully saturated rings. The highest BCUT2D eigenvalue weighted by atomic mass is 79.9. The van der Waals surface area contributed by atoms with Gasteiger partial charge in [0.25, 0.3) is 5.56 Å². The van der Waals surface area contributed by atoms with Crippen LogP contribution in [0.3, 0.4) is 0 Å². The standard InChI is InChI=1S/C9H11BrN2O5S/c10-3-1-12(9(17)11-7(3)16)8-6(15)5(14)4(2-13)18-8/h1,4-6,8,13-15H,2H2,(H,11,16,17)/t4-,5?,6?,8+/m0/s1. The van der Waals surface area contributed by atoms with Gasteiger partial charge in [-0.05, 0) is 15.9 Å². The van der Waals surface area contributed by atoms with Crippen LogP contribution in [-0.2, 0) is 0 Å². The second-order valence-corrected chi connectivity index (χ2v) is 6.09. The van der Waals surface area contributed by atoms with E-state index in [9.17, 15) is 19.8 Å². The first kappa shape index (κ1) is 13.8. The van der Waals surface area contributed by atoms with Crippen LogP contribution in [0.15, 0.2) is 20.3 Å². The van der Waals surface area contributed by atoms with Gasteiger partial charge in [0.15, 0.2) is 0 Å². The van der Waals surface area contributed by atoms with Crippen LogP contribution in [-0.4, -0.2) is 48.9 Å². The summed E-state index contributed by atoms with van der Waals surface area (Å²) >= 11 is 4.07. The van der Waals surface area contributed by atoms with Crippen LogP contribution in [0, 0.1) is 0 Å². The second-order valence-electron chi connectivity index (χ2n) is 3.87. The summed E-state index contributed by atoms with van der Waals surface area (Å²) in [5.41, 5.74) is -1.24. The molecule has 0 aliphatic carbocycles. The van der Waals surface area contributed by atoms with Crippen LogP contribution < -0.4 is 11.2 Å². The molecule has 2 rings (SSSR count). The van der Waals surface area contributed by atoms with E-state index in [-0.39, 0.29) is 11.1 Å². The highest BCUT2D eigenvalue weighted by Gasteiger charge is 2.43. The Hall–Kier alpha value is -0.610. The molecule has 0 amide bonds. The van der Waals surface area contributed by atoms with Crippen molar-refractivity contribution in [2.75, 3.05) is 6.61 Å². The molecule has 0 aromatic carbocycles. The number of nitrogens with one attached hydrogen (secondary N) is 1. The quantitative estimate of drug-likeness (QED) is 0.528. The number of H-pyrrole nitrogens is 1. The van der Waals surface area contributed by atoms with Crippen molar-refractivity contribution in [1.29, 1.82) is 0 Å². The predicted molar refractivity (Wildman–Crippen MR) is 68.5 cm³/mol. The van der Waals surface area contributed by atoms with Crippen molar-refractivity contribution in [3.05, 3.63) is 31.5 Å². The van der Waals surface area contributed by atoms with Crippen LogP contribution in [0.25, 0.3) is 0 Å². The van der Waals surface area contributed by atoms with Gasteiger partial charge in [0.2, 0.25) is 0 Å². The van der Waals surface area contributed by atoms with Gasteiger partial charge >= 0.3 is 5.69 Å². The smallest absolute Gasteiger partial charge is 0.329 e. The average molecular weight is 339 g/mol. The van der Waals surface area contributed by atoms with Crippen molar-refractivity contribution in [3.8, 4) is 0 Å². The topological polar surface area (TPSA) is 116 Å². The number of hydrogen-bond acceptors (Lipinski definition) is 6. The van der Waals surface area contributed by atoms with Crippen LogP contribution in [0.1, 0.15) is 5.37 Å². The summed E-state index contributed by atoms with van der Waals surface area (Å²) < 4.78 is 1.27. The fraction of sp³-hybridized carbons (Fsp3) is 0.556. The lowest BCUT2D eigenvalue weighted by Crippen LogP contribution is -2.37. The summed E-state index contributed by atoms with van der Waals surface area (Å²) in [7, 11) is 0. The van der Waals surface area contributed by atoms with Crippen molar-refractivity contribution in [1.82, 2.24) is 9.55 Å². The van der Waals surface area contributed by atoms with E-state index >= 15 is 0 Å². The van der Waals surface area contributed by atoms with E-state index in [2.05, 4.69) is 20.9 Å². The summed E-state index contributed by atoms with van der Waals surface area (Å²) in [5.74, 6) is 0. The van der Waals surface area contributed by atoms with E-state index in [0.29, 0.717) is 0 Å². The number of thioether (sulfide) groups is 1. The van der Waals surface area contributed by atoms with E-state index < -0.39 is 34.1 Å². The molecule has 7 nitrogen and oxygen atoms in total. The molecule has 2 unspecified atom stereocenters. The molecular weight excluding hydrogens is 328 g/mol. The summed E-state index contributed by atoms with van der Waals surface area (Å²) in [4.78, 5) is 24.9. The van der Waals surface area contributed by atoms with Crippen LogP contribution in [0.5, 0.6) is 0 Å². The zero-order valence-electron chi connectivity index (χ0n) is 8.99. The Morgan fingerprint density at radius 2 is 2.06 bits per heavy atom. The molecule has 18 heavy (non-hydrogen) atoms. The molecular formula is C9H11BrN2O5S. The number of hydrogen-bond donors (Lipinski definition) is 4. The lowest BCUT2D eigenvalue weighted by Gasteiger charge is -2.17. The van der Waals surface area contributed by atoms with Gasteiger partial charge < -0.3 is 15.3 Å². The van der Waals surface area contributed by atoms with Gasteiger partial charge in [0.05, 0.1) is 22.4 Å². The van der Waals surface area contributed by atoms with Gasteiger partial charge in [-0.1, -0.05) is 0 Å². The second kappa shape index (κ2) is 5.17. The van der Waals surface area contributed by atoms with Gasteiger partial charge in [0, 0.05) is 6.20 Å². The summed E-state index contributed by atoms with van der Waals surface area (Å²) in [6, 6.07) is 0. The van der Waals surface area contributed by atoms with Gasteiger partial charge in [0.1, 0.15) is 11.5 Å². The Kier molecular flexibility index (Phi) is 3.97. The Morgan fingerprint density at radius 1 is 1.39 bits per heavy atom. The number of aliphatic hydroxyl groups excluding tert-OH is 3. The van der Waals surface area contributed by atoms with Crippen LogP contribution in [0.4, 0.5) is 0 Å². The number of aliphatic hydroxyl groups is 3. The molecule has 1 aliphatic rings. The van der Waals surface area contributed by atoms with Crippen molar-refractivity contribution < 1.29 is 15.3 Å². The summed E-state index contributed by atoms with van der Waals surface area (Å²) in [6.45, 7) is -0.307. The van der Waals surface area contributed by atoms with E-state index in [4.69, 9.17) is 5.11 Å². The molecule has 1 saturated heterocycles. The zero-order chi connectivity index (χ0) is 13.4. The predicted octanol–water partition coefficient (Wildman–Crippen LogP) is -1.37. The molecule has 0 saturated carbocycles. The Morgan fingerprint density at radius 3 is 2.61 bits per heavy atom. The number of nitrogens with zero attached hydrogens (tertiary/aromatic N) is 1. The number of rotatable bonds is 2. The molecule has 4 atom stereocenters. The van der Waals surface area contributed by atoms with Gasteiger partial charge in [-0.15, -0.1) is 11.8 Å². The maximum absolute atomic E-state index is 11.6. The summed E-state index contributed by atoms with van der Waals surface area (Å²) in [6.07, 6.45) is -1.06. The molecule has 0 bridgehead atoms. The van der Waals surface area contributed by atoms with Gasteiger partial charge in [-0.3, -0.25) is 14.3 Å². The first-order chi connectivity index (χ1) is 8.45. The third kappa shape index (κ3) is 2.28. The average Bonchev–Trinajstić information content (AvgIpc) is 2.61. The fourth-order valence-electron chi connectivity index (χ4n) is 1.76. The Labute approximate surface area is 114 Å². The molecule has 1 aliphatic heterocycles. The van der Waals surface area contributed by atoms with Gasteiger partial charge in [-0.25, -0.2) is 4.79 Å². The Bertz CT molecular complexity index is 559. The molecule has 1 aromatic rings. The first-order valence-electron chi connectivity index (χ1n) is 5.09. The monoisotopic (exact) mass is 338 g/mol. The first-order valence-corrected chi connectivity index (χ1v) is 6.82. The molecule has 0 spiro atoms. The lowest BCUT2D eigenvalue weighted by atomic mass is 10.1. The van der Waals surface area contributed by atoms with Crippen LogP contribution in [0.2, 0.25) is 0 Å². The highest BCUT2D eigenvalue weighted by molar-refractivity contribution is 9.10. The van der Waals surface area contributed by atoms with Crippen molar-refractivity contribution in [3.63, 3.8) is 0 Å². The molecule has 100 valence electrons. The summed E-state index contributed by atoms with van der Waals surface area (Å²) in [5, 5.41) is 27.2.